The molecule has 26 heavy (non-hydrogen) atoms. The van der Waals surface area contributed by atoms with Gasteiger partial charge >= 0.3 is 0 Å². The molecule has 0 radical (unpaired) electrons. The van der Waals surface area contributed by atoms with Crippen LogP contribution < -0.4 is 10.2 Å². The van der Waals surface area contributed by atoms with E-state index in [0.29, 0.717) is 5.92 Å². The number of carbonyl (C=O) groups excluding carboxylic acids is 1. The highest BCUT2D eigenvalue weighted by Crippen LogP contribution is 2.29. The Morgan fingerprint density at radius 3 is 2.50 bits per heavy atom. The highest BCUT2D eigenvalue weighted by atomic mass is 16.1. The van der Waals surface area contributed by atoms with Crippen LogP contribution in [0.3, 0.4) is 0 Å². The summed E-state index contributed by atoms with van der Waals surface area (Å²) in [4.78, 5) is 20.6. The minimum absolute atomic E-state index is 0.0333. The van der Waals surface area contributed by atoms with Crippen LogP contribution in [0.4, 0.5) is 5.82 Å². The van der Waals surface area contributed by atoms with E-state index in [2.05, 4.69) is 52.5 Å². The fourth-order valence-corrected chi connectivity index (χ4v) is 3.61. The van der Waals surface area contributed by atoms with E-state index < -0.39 is 0 Å². The molecule has 1 aliphatic heterocycles. The molecule has 1 fully saturated rings. The molecular weight excluding hydrogens is 324 g/mol. The number of likely N-dealkylation sites (tertiary alicyclic amines) is 1. The van der Waals surface area contributed by atoms with E-state index in [4.69, 9.17) is 0 Å². The third-order valence-electron chi connectivity index (χ3n) is 4.96. The van der Waals surface area contributed by atoms with E-state index in [0.717, 1.165) is 25.5 Å². The standard InChI is InChI=1S/C21H28N4O/c1-15-5-8-18(9-6-15)19-13-25(14-20(19)23-16(2)26)12-17-7-10-21(22-11-17)24(3)4/h5-11,19-20H,12-14H2,1-4H3,(H,23,26)/t19-,20+/m1/s1. The van der Waals surface area contributed by atoms with Gasteiger partial charge in [0.1, 0.15) is 5.82 Å². The van der Waals surface area contributed by atoms with Crippen LogP contribution in [0.2, 0.25) is 0 Å². The van der Waals surface area contributed by atoms with E-state index in [9.17, 15) is 4.79 Å². The lowest BCUT2D eigenvalue weighted by Crippen LogP contribution is -2.38. The number of pyridine rings is 1. The topological polar surface area (TPSA) is 48.5 Å². The van der Waals surface area contributed by atoms with Crippen LogP contribution in [0, 0.1) is 6.92 Å². The lowest BCUT2D eigenvalue weighted by molar-refractivity contribution is -0.119. The molecule has 5 nitrogen and oxygen atoms in total. The Balaban J connectivity index is 1.73. The van der Waals surface area contributed by atoms with Gasteiger partial charge in [0.05, 0.1) is 0 Å². The van der Waals surface area contributed by atoms with Crippen molar-refractivity contribution in [3.8, 4) is 0 Å². The number of amides is 1. The van der Waals surface area contributed by atoms with Crippen LogP contribution in [0.15, 0.2) is 42.6 Å². The molecule has 0 spiro atoms. The minimum atomic E-state index is 0.0333. The van der Waals surface area contributed by atoms with Crippen molar-refractivity contribution in [3.05, 3.63) is 59.3 Å². The summed E-state index contributed by atoms with van der Waals surface area (Å²) in [6.45, 7) is 6.33. The van der Waals surface area contributed by atoms with Gasteiger partial charge in [-0.2, -0.15) is 0 Å². The first-order valence-electron chi connectivity index (χ1n) is 9.10. The summed E-state index contributed by atoms with van der Waals surface area (Å²) in [5, 5.41) is 3.14. The average molecular weight is 352 g/mol. The average Bonchev–Trinajstić information content (AvgIpc) is 2.97. The highest BCUT2D eigenvalue weighted by molar-refractivity contribution is 5.73. The van der Waals surface area contributed by atoms with Crippen molar-refractivity contribution in [1.29, 1.82) is 0 Å². The molecule has 0 unspecified atom stereocenters. The molecule has 1 aliphatic rings. The third-order valence-corrected chi connectivity index (χ3v) is 4.96. The van der Waals surface area contributed by atoms with E-state index >= 15 is 0 Å². The Morgan fingerprint density at radius 2 is 1.92 bits per heavy atom. The van der Waals surface area contributed by atoms with Gasteiger partial charge in [-0.05, 0) is 24.1 Å². The maximum atomic E-state index is 11.7. The second-order valence-corrected chi connectivity index (χ2v) is 7.44. The van der Waals surface area contributed by atoms with Crippen molar-refractivity contribution in [2.45, 2.75) is 32.4 Å². The number of rotatable bonds is 5. The zero-order valence-corrected chi connectivity index (χ0v) is 16.1. The zero-order valence-electron chi connectivity index (χ0n) is 16.1. The van der Waals surface area contributed by atoms with Crippen molar-refractivity contribution >= 4 is 11.7 Å². The summed E-state index contributed by atoms with van der Waals surface area (Å²) in [7, 11) is 3.99. The molecule has 138 valence electrons. The summed E-state index contributed by atoms with van der Waals surface area (Å²) in [6, 6.07) is 13.0. The monoisotopic (exact) mass is 352 g/mol. The number of nitrogens with zero attached hydrogens (tertiary/aromatic N) is 3. The first-order chi connectivity index (χ1) is 12.4. The Labute approximate surface area is 156 Å². The smallest absolute Gasteiger partial charge is 0.217 e. The van der Waals surface area contributed by atoms with Gasteiger partial charge in [0.15, 0.2) is 0 Å². The second kappa shape index (κ2) is 7.87. The predicted molar refractivity (Wildman–Crippen MR) is 105 cm³/mol. The highest BCUT2D eigenvalue weighted by Gasteiger charge is 2.34. The maximum absolute atomic E-state index is 11.7. The van der Waals surface area contributed by atoms with Gasteiger partial charge in [-0.25, -0.2) is 4.98 Å². The first kappa shape index (κ1) is 18.4. The van der Waals surface area contributed by atoms with Gasteiger partial charge < -0.3 is 10.2 Å². The van der Waals surface area contributed by atoms with E-state index in [1.54, 1.807) is 6.92 Å². The van der Waals surface area contributed by atoms with Crippen LogP contribution >= 0.6 is 0 Å². The van der Waals surface area contributed by atoms with E-state index in [1.165, 1.54) is 16.7 Å². The number of aromatic nitrogens is 1. The SMILES string of the molecule is CC(=O)N[C@H]1CN(Cc2ccc(N(C)C)nc2)C[C@@H]1c1ccc(C)cc1. The molecule has 2 atom stereocenters. The maximum Gasteiger partial charge on any atom is 0.217 e. The lowest BCUT2D eigenvalue weighted by Gasteiger charge is -2.19. The molecular formula is C21H28N4O. The molecule has 5 heteroatoms. The van der Waals surface area contributed by atoms with Gasteiger partial charge in [-0.3, -0.25) is 9.69 Å². The minimum Gasteiger partial charge on any atom is -0.363 e. The number of hydrogen-bond donors (Lipinski definition) is 1. The Bertz CT molecular complexity index is 740. The summed E-state index contributed by atoms with van der Waals surface area (Å²) in [5.41, 5.74) is 3.74. The number of aryl methyl sites for hydroxylation is 1. The molecule has 0 aliphatic carbocycles. The molecule has 0 bridgehead atoms. The number of nitrogens with one attached hydrogen (secondary N) is 1. The molecule has 1 aromatic heterocycles. The number of hydrogen-bond acceptors (Lipinski definition) is 4. The summed E-state index contributed by atoms with van der Waals surface area (Å²) in [6.07, 6.45) is 1.95. The van der Waals surface area contributed by atoms with Crippen LogP contribution in [0.25, 0.3) is 0 Å². The second-order valence-electron chi connectivity index (χ2n) is 7.44. The quantitative estimate of drug-likeness (QED) is 0.898. The van der Waals surface area contributed by atoms with Crippen LogP contribution in [0.1, 0.15) is 29.5 Å². The van der Waals surface area contributed by atoms with Crippen molar-refractivity contribution < 1.29 is 4.79 Å². The Morgan fingerprint density at radius 1 is 1.19 bits per heavy atom. The first-order valence-corrected chi connectivity index (χ1v) is 9.10. The molecule has 2 heterocycles. The fraction of sp³-hybridized carbons (Fsp3) is 0.429. The van der Waals surface area contributed by atoms with Crippen molar-refractivity contribution in [2.75, 3.05) is 32.1 Å². The van der Waals surface area contributed by atoms with Crippen molar-refractivity contribution in [2.24, 2.45) is 0 Å². The molecule has 3 rings (SSSR count). The molecule has 0 saturated carbocycles. The normalized spacial score (nSPS) is 20.2. The number of benzene rings is 1. The Kier molecular flexibility index (Phi) is 5.57. The van der Waals surface area contributed by atoms with Crippen LogP contribution in [-0.4, -0.2) is 49.0 Å². The van der Waals surface area contributed by atoms with Gasteiger partial charge in [-0.1, -0.05) is 35.9 Å². The lowest BCUT2D eigenvalue weighted by atomic mass is 9.93. The predicted octanol–water partition coefficient (Wildman–Crippen LogP) is 2.56. The van der Waals surface area contributed by atoms with Gasteiger partial charge in [-0.15, -0.1) is 0 Å². The summed E-state index contributed by atoms with van der Waals surface area (Å²) < 4.78 is 0. The van der Waals surface area contributed by atoms with Gasteiger partial charge in [0, 0.05) is 58.8 Å². The van der Waals surface area contributed by atoms with E-state index in [1.807, 2.05) is 31.3 Å². The van der Waals surface area contributed by atoms with Crippen LogP contribution in [0.5, 0.6) is 0 Å². The van der Waals surface area contributed by atoms with Gasteiger partial charge in [0.2, 0.25) is 5.91 Å². The number of carbonyl (C=O) groups is 1. The van der Waals surface area contributed by atoms with E-state index in [-0.39, 0.29) is 11.9 Å². The van der Waals surface area contributed by atoms with Gasteiger partial charge in [0.25, 0.3) is 0 Å². The summed E-state index contributed by atoms with van der Waals surface area (Å²) >= 11 is 0. The molecule has 1 N–H and O–H groups in total. The third kappa shape index (κ3) is 4.41. The van der Waals surface area contributed by atoms with Crippen LogP contribution in [-0.2, 0) is 11.3 Å². The molecule has 2 aromatic rings. The molecule has 1 saturated heterocycles. The largest absolute Gasteiger partial charge is 0.363 e. The zero-order chi connectivity index (χ0) is 18.7. The Hall–Kier alpha value is -2.40. The molecule has 1 amide bonds. The summed E-state index contributed by atoms with van der Waals surface area (Å²) in [5.74, 6) is 1.31. The number of anilines is 1. The molecule has 1 aromatic carbocycles. The van der Waals surface area contributed by atoms with Crippen molar-refractivity contribution in [3.63, 3.8) is 0 Å². The fourth-order valence-electron chi connectivity index (χ4n) is 3.61. The van der Waals surface area contributed by atoms with Crippen molar-refractivity contribution in [1.82, 2.24) is 15.2 Å².